The van der Waals surface area contributed by atoms with Crippen LogP contribution in [0.5, 0.6) is 0 Å². The lowest BCUT2D eigenvalue weighted by molar-refractivity contribution is -0.142. The Kier molecular flexibility index (Phi) is 4.88. The Morgan fingerprint density at radius 3 is 2.32 bits per heavy atom. The minimum Gasteiger partial charge on any atom is -0.481 e. The van der Waals surface area contributed by atoms with Gasteiger partial charge in [-0.25, -0.2) is 0 Å². The molecule has 0 aromatic rings. The Balaban J connectivity index is 1.72. The van der Waals surface area contributed by atoms with Gasteiger partial charge in [-0.15, -0.1) is 0 Å². The van der Waals surface area contributed by atoms with Crippen molar-refractivity contribution in [3.8, 4) is 0 Å². The molecular formula is C16H29NO2. The number of carboxylic acids is 1. The van der Waals surface area contributed by atoms with Crippen molar-refractivity contribution in [2.45, 2.75) is 71.3 Å². The molecule has 0 aromatic carbocycles. The molecule has 3 heteroatoms. The highest BCUT2D eigenvalue weighted by molar-refractivity contribution is 5.70. The first-order valence-electron chi connectivity index (χ1n) is 7.97. The third-order valence-electron chi connectivity index (χ3n) is 5.10. The van der Waals surface area contributed by atoms with Gasteiger partial charge in [-0.05, 0) is 56.3 Å². The van der Waals surface area contributed by atoms with E-state index in [9.17, 15) is 4.79 Å². The van der Waals surface area contributed by atoms with E-state index in [1.165, 1.54) is 25.7 Å². The van der Waals surface area contributed by atoms with Crippen molar-refractivity contribution < 1.29 is 9.90 Å². The standard InChI is InChI=1S/C16H29NO2/c1-12(2)10-16(8-3-9-16)11-17-14-6-4-13(5-7-14)15(18)19/h12-14,17H,3-11H2,1-2H3,(H,18,19). The molecule has 0 bridgehead atoms. The lowest BCUT2D eigenvalue weighted by Crippen LogP contribution is -2.45. The Morgan fingerprint density at radius 2 is 1.89 bits per heavy atom. The van der Waals surface area contributed by atoms with Gasteiger partial charge in [0.25, 0.3) is 0 Å². The quantitative estimate of drug-likeness (QED) is 0.775. The van der Waals surface area contributed by atoms with Gasteiger partial charge in [0.05, 0.1) is 5.92 Å². The van der Waals surface area contributed by atoms with Crippen LogP contribution in [0.15, 0.2) is 0 Å². The zero-order valence-corrected chi connectivity index (χ0v) is 12.5. The van der Waals surface area contributed by atoms with E-state index in [2.05, 4.69) is 19.2 Å². The number of nitrogens with one attached hydrogen (secondary N) is 1. The molecule has 3 nitrogen and oxygen atoms in total. The molecular weight excluding hydrogens is 238 g/mol. The summed E-state index contributed by atoms with van der Waals surface area (Å²) in [6.07, 6.45) is 9.26. The molecule has 0 atom stereocenters. The van der Waals surface area contributed by atoms with Gasteiger partial charge in [-0.3, -0.25) is 4.79 Å². The molecule has 0 heterocycles. The third kappa shape index (κ3) is 3.95. The summed E-state index contributed by atoms with van der Waals surface area (Å²) in [5, 5.41) is 12.7. The zero-order chi connectivity index (χ0) is 13.9. The summed E-state index contributed by atoms with van der Waals surface area (Å²) < 4.78 is 0. The molecule has 0 saturated heterocycles. The van der Waals surface area contributed by atoms with Gasteiger partial charge in [0, 0.05) is 12.6 Å². The van der Waals surface area contributed by atoms with Crippen molar-refractivity contribution in [2.24, 2.45) is 17.3 Å². The monoisotopic (exact) mass is 267 g/mol. The van der Waals surface area contributed by atoms with Crippen LogP contribution >= 0.6 is 0 Å². The van der Waals surface area contributed by atoms with Gasteiger partial charge in [0.2, 0.25) is 0 Å². The molecule has 0 aliphatic heterocycles. The SMILES string of the molecule is CC(C)CC1(CNC2CCC(C(=O)O)CC2)CCC1. The van der Waals surface area contributed by atoms with Crippen molar-refractivity contribution in [1.82, 2.24) is 5.32 Å². The summed E-state index contributed by atoms with van der Waals surface area (Å²) in [4.78, 5) is 10.9. The second-order valence-electron chi connectivity index (χ2n) is 7.22. The van der Waals surface area contributed by atoms with Crippen LogP contribution in [-0.2, 0) is 4.79 Å². The van der Waals surface area contributed by atoms with Gasteiger partial charge in [0.15, 0.2) is 0 Å². The van der Waals surface area contributed by atoms with Gasteiger partial charge in [-0.2, -0.15) is 0 Å². The van der Waals surface area contributed by atoms with Crippen LogP contribution in [0.25, 0.3) is 0 Å². The molecule has 2 aliphatic rings. The summed E-state index contributed by atoms with van der Waals surface area (Å²) in [6.45, 7) is 5.78. The van der Waals surface area contributed by atoms with E-state index in [1.54, 1.807) is 0 Å². The molecule has 0 radical (unpaired) electrons. The lowest BCUT2D eigenvalue weighted by atomic mass is 9.64. The number of carboxylic acid groups (broad SMARTS) is 1. The molecule has 2 aliphatic carbocycles. The number of carbonyl (C=O) groups is 1. The van der Waals surface area contributed by atoms with E-state index < -0.39 is 5.97 Å². The number of rotatable bonds is 6. The summed E-state index contributed by atoms with van der Waals surface area (Å²) in [5.74, 6) is 0.0879. The minimum absolute atomic E-state index is 0.0913. The lowest BCUT2D eigenvalue weighted by Gasteiger charge is -2.45. The molecule has 0 unspecified atom stereocenters. The fourth-order valence-corrected chi connectivity index (χ4v) is 3.90. The average molecular weight is 267 g/mol. The van der Waals surface area contributed by atoms with Crippen LogP contribution in [0.3, 0.4) is 0 Å². The molecule has 19 heavy (non-hydrogen) atoms. The summed E-state index contributed by atoms with van der Waals surface area (Å²) in [7, 11) is 0. The average Bonchev–Trinajstić information content (AvgIpc) is 2.32. The van der Waals surface area contributed by atoms with E-state index >= 15 is 0 Å². The van der Waals surface area contributed by atoms with Crippen molar-refractivity contribution in [3.05, 3.63) is 0 Å². The largest absolute Gasteiger partial charge is 0.481 e. The van der Waals surface area contributed by atoms with Crippen LogP contribution < -0.4 is 5.32 Å². The molecule has 0 amide bonds. The Labute approximate surface area is 117 Å². The third-order valence-corrected chi connectivity index (χ3v) is 5.10. The van der Waals surface area contributed by atoms with E-state index in [-0.39, 0.29) is 5.92 Å². The summed E-state index contributed by atoms with van der Waals surface area (Å²) in [6, 6.07) is 0.556. The molecule has 0 aromatic heterocycles. The first-order chi connectivity index (χ1) is 9.01. The van der Waals surface area contributed by atoms with Gasteiger partial charge >= 0.3 is 5.97 Å². The highest BCUT2D eigenvalue weighted by Gasteiger charge is 2.37. The van der Waals surface area contributed by atoms with Crippen LogP contribution in [0.2, 0.25) is 0 Å². The summed E-state index contributed by atoms with van der Waals surface area (Å²) in [5.41, 5.74) is 0.553. The van der Waals surface area contributed by atoms with E-state index in [0.717, 1.165) is 38.1 Å². The first kappa shape index (κ1) is 14.8. The molecule has 2 rings (SSSR count). The van der Waals surface area contributed by atoms with E-state index in [0.29, 0.717) is 11.5 Å². The molecule has 110 valence electrons. The van der Waals surface area contributed by atoms with E-state index in [4.69, 9.17) is 5.11 Å². The van der Waals surface area contributed by atoms with Crippen molar-refractivity contribution in [3.63, 3.8) is 0 Å². The molecule has 2 saturated carbocycles. The highest BCUT2D eigenvalue weighted by Crippen LogP contribution is 2.45. The normalized spacial score (nSPS) is 30.1. The maximum absolute atomic E-state index is 10.9. The maximum atomic E-state index is 10.9. The fourth-order valence-electron chi connectivity index (χ4n) is 3.90. The van der Waals surface area contributed by atoms with Crippen LogP contribution in [0, 0.1) is 17.3 Å². The Hall–Kier alpha value is -0.570. The Bertz CT molecular complexity index is 302. The van der Waals surface area contributed by atoms with Gasteiger partial charge < -0.3 is 10.4 Å². The second kappa shape index (κ2) is 6.25. The highest BCUT2D eigenvalue weighted by atomic mass is 16.4. The molecule has 2 fully saturated rings. The first-order valence-corrected chi connectivity index (χ1v) is 7.97. The van der Waals surface area contributed by atoms with Crippen LogP contribution in [0.4, 0.5) is 0 Å². The minimum atomic E-state index is -0.603. The van der Waals surface area contributed by atoms with Gasteiger partial charge in [-0.1, -0.05) is 20.3 Å². The number of hydrogen-bond donors (Lipinski definition) is 2. The topological polar surface area (TPSA) is 49.3 Å². The van der Waals surface area contributed by atoms with Crippen LogP contribution in [-0.4, -0.2) is 23.7 Å². The van der Waals surface area contributed by atoms with Gasteiger partial charge in [0.1, 0.15) is 0 Å². The maximum Gasteiger partial charge on any atom is 0.306 e. The number of aliphatic carboxylic acids is 1. The summed E-state index contributed by atoms with van der Waals surface area (Å²) >= 11 is 0. The smallest absolute Gasteiger partial charge is 0.306 e. The predicted molar refractivity (Wildman–Crippen MR) is 77.1 cm³/mol. The number of hydrogen-bond acceptors (Lipinski definition) is 2. The van der Waals surface area contributed by atoms with Crippen molar-refractivity contribution in [1.29, 1.82) is 0 Å². The van der Waals surface area contributed by atoms with E-state index in [1.807, 2.05) is 0 Å². The predicted octanol–water partition coefficient (Wildman–Crippen LogP) is 3.44. The Morgan fingerprint density at radius 1 is 1.26 bits per heavy atom. The second-order valence-corrected chi connectivity index (χ2v) is 7.22. The molecule has 0 spiro atoms. The van der Waals surface area contributed by atoms with Crippen LogP contribution in [0.1, 0.15) is 65.2 Å². The molecule has 2 N–H and O–H groups in total. The van der Waals surface area contributed by atoms with Crippen molar-refractivity contribution >= 4 is 5.97 Å². The van der Waals surface area contributed by atoms with Crippen molar-refractivity contribution in [2.75, 3.05) is 6.54 Å². The fraction of sp³-hybridized carbons (Fsp3) is 0.938. The zero-order valence-electron chi connectivity index (χ0n) is 12.5.